The second-order valence-corrected chi connectivity index (χ2v) is 5.95. The number of amides is 1. The van der Waals surface area contributed by atoms with Gasteiger partial charge in [-0.15, -0.1) is 24.8 Å². The number of rotatable bonds is 4. The van der Waals surface area contributed by atoms with Crippen molar-refractivity contribution in [3.63, 3.8) is 0 Å². The van der Waals surface area contributed by atoms with Crippen molar-refractivity contribution >= 4 is 30.7 Å². The topological polar surface area (TPSA) is 88.5 Å². The molecule has 28 heavy (non-hydrogen) atoms. The van der Waals surface area contributed by atoms with Gasteiger partial charge in [0.05, 0.1) is 18.7 Å². The molecule has 1 amide bonds. The zero-order valence-corrected chi connectivity index (χ0v) is 16.3. The number of nitrogens with zero attached hydrogens (tertiary/aromatic N) is 4. The standard InChI is InChI=1S/C16H18F3N5O2.2ClH/c17-16(18,19)12-3-1-2-11(8-12)15-21-13(26-22-15)10-23-4-6-24(7-5-23)14(25)9-20;;/h1-3,8H,4-7,9-10,20H2;2*1H. The van der Waals surface area contributed by atoms with Crippen LogP contribution in [0.4, 0.5) is 13.2 Å². The van der Waals surface area contributed by atoms with Crippen molar-refractivity contribution < 1.29 is 22.5 Å². The second-order valence-electron chi connectivity index (χ2n) is 5.95. The lowest BCUT2D eigenvalue weighted by Gasteiger charge is -2.33. The Morgan fingerprint density at radius 2 is 1.86 bits per heavy atom. The predicted molar refractivity (Wildman–Crippen MR) is 100 cm³/mol. The number of halogens is 5. The Morgan fingerprint density at radius 3 is 2.46 bits per heavy atom. The quantitative estimate of drug-likeness (QED) is 0.782. The van der Waals surface area contributed by atoms with E-state index in [9.17, 15) is 18.0 Å². The maximum Gasteiger partial charge on any atom is 0.416 e. The molecule has 3 rings (SSSR count). The lowest BCUT2D eigenvalue weighted by atomic mass is 10.1. The molecule has 1 fully saturated rings. The summed E-state index contributed by atoms with van der Waals surface area (Å²) in [6.45, 7) is 2.75. The second kappa shape index (κ2) is 10.1. The smallest absolute Gasteiger partial charge is 0.339 e. The highest BCUT2D eigenvalue weighted by molar-refractivity contribution is 5.85. The van der Waals surface area contributed by atoms with Crippen LogP contribution in [0.3, 0.4) is 0 Å². The van der Waals surface area contributed by atoms with Crippen molar-refractivity contribution in [1.82, 2.24) is 19.9 Å². The summed E-state index contributed by atoms with van der Waals surface area (Å²) in [4.78, 5) is 19.5. The molecule has 0 radical (unpaired) electrons. The van der Waals surface area contributed by atoms with Crippen molar-refractivity contribution in [2.75, 3.05) is 32.7 Å². The van der Waals surface area contributed by atoms with Crippen LogP contribution in [0, 0.1) is 0 Å². The monoisotopic (exact) mass is 441 g/mol. The van der Waals surface area contributed by atoms with E-state index < -0.39 is 11.7 Å². The molecule has 2 N–H and O–H groups in total. The summed E-state index contributed by atoms with van der Waals surface area (Å²) in [5, 5.41) is 3.77. The van der Waals surface area contributed by atoms with E-state index in [1.807, 2.05) is 4.90 Å². The Hall–Kier alpha value is -1.88. The van der Waals surface area contributed by atoms with Gasteiger partial charge in [-0.3, -0.25) is 9.69 Å². The summed E-state index contributed by atoms with van der Waals surface area (Å²) in [6, 6.07) is 4.79. The molecule has 0 unspecified atom stereocenters. The first-order chi connectivity index (χ1) is 12.4. The third-order valence-electron chi connectivity index (χ3n) is 4.17. The summed E-state index contributed by atoms with van der Waals surface area (Å²) in [5.74, 6) is 0.341. The molecule has 2 heterocycles. The van der Waals surface area contributed by atoms with E-state index in [-0.39, 0.29) is 48.7 Å². The molecule has 0 spiro atoms. The molecular formula is C16H20Cl2F3N5O2. The van der Waals surface area contributed by atoms with E-state index in [4.69, 9.17) is 10.3 Å². The average molecular weight is 442 g/mol. The van der Waals surface area contributed by atoms with Crippen LogP contribution in [-0.4, -0.2) is 58.6 Å². The molecule has 0 bridgehead atoms. The molecule has 1 aliphatic rings. The van der Waals surface area contributed by atoms with Crippen molar-refractivity contribution in [1.29, 1.82) is 0 Å². The average Bonchev–Trinajstić information content (AvgIpc) is 3.09. The Kier molecular flexibility index (Phi) is 8.68. The first-order valence-corrected chi connectivity index (χ1v) is 8.07. The van der Waals surface area contributed by atoms with Crippen LogP contribution in [-0.2, 0) is 17.5 Å². The lowest BCUT2D eigenvalue weighted by Crippen LogP contribution is -2.49. The molecular weight excluding hydrogens is 422 g/mol. The number of hydrogen-bond acceptors (Lipinski definition) is 6. The Morgan fingerprint density at radius 1 is 1.18 bits per heavy atom. The van der Waals surface area contributed by atoms with Crippen molar-refractivity contribution in [3.8, 4) is 11.4 Å². The van der Waals surface area contributed by atoms with Gasteiger partial charge in [0.25, 0.3) is 0 Å². The molecule has 1 aromatic heterocycles. The minimum atomic E-state index is -4.43. The van der Waals surface area contributed by atoms with Gasteiger partial charge in [-0.25, -0.2) is 0 Å². The fourth-order valence-corrected chi connectivity index (χ4v) is 2.75. The van der Waals surface area contributed by atoms with Gasteiger partial charge in [0.15, 0.2) is 0 Å². The van der Waals surface area contributed by atoms with E-state index in [1.165, 1.54) is 12.1 Å². The Balaban J connectivity index is 0.00000196. The van der Waals surface area contributed by atoms with Crippen LogP contribution >= 0.6 is 24.8 Å². The number of alkyl halides is 3. The fraction of sp³-hybridized carbons (Fsp3) is 0.438. The van der Waals surface area contributed by atoms with Gasteiger partial charge in [-0.05, 0) is 12.1 Å². The summed E-state index contributed by atoms with van der Waals surface area (Å²) >= 11 is 0. The van der Waals surface area contributed by atoms with E-state index in [0.717, 1.165) is 12.1 Å². The number of piperazine rings is 1. The maximum atomic E-state index is 12.8. The first-order valence-electron chi connectivity index (χ1n) is 8.07. The summed E-state index contributed by atoms with van der Waals surface area (Å²) in [7, 11) is 0. The Labute approximate surface area is 171 Å². The highest BCUT2D eigenvalue weighted by Gasteiger charge is 2.31. The molecule has 7 nitrogen and oxygen atoms in total. The zero-order valence-electron chi connectivity index (χ0n) is 14.7. The van der Waals surface area contributed by atoms with Crippen LogP contribution in [0.15, 0.2) is 28.8 Å². The van der Waals surface area contributed by atoms with Crippen LogP contribution in [0.2, 0.25) is 0 Å². The van der Waals surface area contributed by atoms with Gasteiger partial charge >= 0.3 is 6.18 Å². The van der Waals surface area contributed by atoms with Crippen LogP contribution < -0.4 is 5.73 Å². The van der Waals surface area contributed by atoms with Gasteiger partial charge in [-0.2, -0.15) is 18.2 Å². The SMILES string of the molecule is Cl.Cl.NCC(=O)N1CCN(Cc2nc(-c3cccc(C(F)(F)F)c3)no2)CC1. The maximum absolute atomic E-state index is 12.8. The molecule has 2 aromatic rings. The fourth-order valence-electron chi connectivity index (χ4n) is 2.75. The number of hydrogen-bond donors (Lipinski definition) is 1. The molecule has 0 atom stereocenters. The van der Waals surface area contributed by atoms with E-state index in [0.29, 0.717) is 38.6 Å². The van der Waals surface area contributed by atoms with Gasteiger partial charge in [0.1, 0.15) is 0 Å². The first kappa shape index (κ1) is 24.2. The summed E-state index contributed by atoms with van der Waals surface area (Å²) in [6.07, 6.45) is -4.43. The molecule has 1 aliphatic heterocycles. The number of carbonyl (C=O) groups excluding carboxylic acids is 1. The molecule has 0 saturated carbocycles. The van der Waals surface area contributed by atoms with E-state index in [2.05, 4.69) is 10.1 Å². The number of nitrogens with two attached hydrogens (primary N) is 1. The zero-order chi connectivity index (χ0) is 18.7. The summed E-state index contributed by atoms with van der Waals surface area (Å²) < 4.78 is 43.6. The minimum Gasteiger partial charge on any atom is -0.339 e. The van der Waals surface area contributed by atoms with Crippen LogP contribution in [0.5, 0.6) is 0 Å². The number of aromatic nitrogens is 2. The van der Waals surface area contributed by atoms with Crippen molar-refractivity contribution in [2.45, 2.75) is 12.7 Å². The number of carbonyl (C=O) groups is 1. The van der Waals surface area contributed by atoms with Crippen LogP contribution in [0.1, 0.15) is 11.5 Å². The van der Waals surface area contributed by atoms with E-state index >= 15 is 0 Å². The molecule has 156 valence electrons. The summed E-state index contributed by atoms with van der Waals surface area (Å²) in [5.41, 5.74) is 4.83. The highest BCUT2D eigenvalue weighted by Crippen LogP contribution is 2.31. The van der Waals surface area contributed by atoms with Crippen LogP contribution in [0.25, 0.3) is 11.4 Å². The molecule has 0 aliphatic carbocycles. The van der Waals surface area contributed by atoms with Gasteiger partial charge in [-0.1, -0.05) is 17.3 Å². The number of benzene rings is 1. The third kappa shape index (κ3) is 5.81. The van der Waals surface area contributed by atoms with Crippen molar-refractivity contribution in [3.05, 3.63) is 35.7 Å². The Bertz CT molecular complexity index is 780. The third-order valence-corrected chi connectivity index (χ3v) is 4.17. The van der Waals surface area contributed by atoms with Gasteiger partial charge in [0, 0.05) is 31.7 Å². The van der Waals surface area contributed by atoms with Gasteiger partial charge in [0.2, 0.25) is 17.6 Å². The largest absolute Gasteiger partial charge is 0.416 e. The normalized spacial score (nSPS) is 14.9. The highest BCUT2D eigenvalue weighted by atomic mass is 35.5. The molecule has 12 heteroatoms. The van der Waals surface area contributed by atoms with Crippen molar-refractivity contribution in [2.24, 2.45) is 5.73 Å². The molecule has 1 aromatic carbocycles. The predicted octanol–water partition coefficient (Wildman–Crippen LogP) is 2.20. The minimum absolute atomic E-state index is 0. The van der Waals surface area contributed by atoms with Gasteiger partial charge < -0.3 is 15.2 Å². The molecule has 1 saturated heterocycles. The van der Waals surface area contributed by atoms with E-state index in [1.54, 1.807) is 4.90 Å². The lowest BCUT2D eigenvalue weighted by molar-refractivity contribution is -0.137.